The maximum Gasteiger partial charge on any atom is 0.234 e. The first-order chi connectivity index (χ1) is 11.1. The highest BCUT2D eigenvalue weighted by molar-refractivity contribution is 7.99. The van der Waals surface area contributed by atoms with Crippen LogP contribution in [0.25, 0.3) is 0 Å². The summed E-state index contributed by atoms with van der Waals surface area (Å²) >= 11 is 1.21. The minimum absolute atomic E-state index is 0.152. The molecular weight excluding hydrogens is 318 g/mol. The van der Waals surface area contributed by atoms with Gasteiger partial charge in [0.25, 0.3) is 0 Å². The predicted octanol–water partition coefficient (Wildman–Crippen LogP) is 1.30. The number of nitrogens with zero attached hydrogens (tertiary/aromatic N) is 3. The van der Waals surface area contributed by atoms with Gasteiger partial charge in [-0.1, -0.05) is 18.7 Å². The van der Waals surface area contributed by atoms with Crippen molar-refractivity contribution in [2.75, 3.05) is 31.1 Å². The number of hydrogen-bond acceptors (Lipinski definition) is 7. The van der Waals surface area contributed by atoms with Crippen molar-refractivity contribution >= 4 is 23.4 Å². The molecule has 1 aromatic heterocycles. The van der Waals surface area contributed by atoms with Gasteiger partial charge in [0, 0.05) is 12.5 Å². The number of thioether (sulfide) groups is 1. The van der Waals surface area contributed by atoms with Crippen molar-refractivity contribution in [2.24, 2.45) is 0 Å². The summed E-state index contributed by atoms with van der Waals surface area (Å²) in [6, 6.07) is 5.18. The molecule has 1 amide bonds. The van der Waals surface area contributed by atoms with Crippen LogP contribution in [0.1, 0.15) is 12.7 Å². The lowest BCUT2D eigenvalue weighted by Crippen LogP contribution is -2.17. The Hall–Kier alpha value is -2.42. The third-order valence-corrected chi connectivity index (χ3v) is 4.01. The van der Waals surface area contributed by atoms with Crippen LogP contribution in [0, 0.1) is 0 Å². The van der Waals surface area contributed by atoms with Gasteiger partial charge in [0.05, 0.1) is 25.7 Å². The average molecular weight is 337 g/mol. The molecule has 23 heavy (non-hydrogen) atoms. The van der Waals surface area contributed by atoms with E-state index in [2.05, 4.69) is 15.5 Å². The minimum Gasteiger partial charge on any atom is -0.497 e. The molecule has 1 heterocycles. The fourth-order valence-electron chi connectivity index (χ4n) is 1.87. The van der Waals surface area contributed by atoms with Crippen molar-refractivity contribution in [3.63, 3.8) is 0 Å². The fraction of sp³-hybridized carbons (Fsp3) is 0.357. The number of nitrogens with two attached hydrogens (primary N) is 1. The molecule has 9 heteroatoms. The van der Waals surface area contributed by atoms with Gasteiger partial charge >= 0.3 is 0 Å². The van der Waals surface area contributed by atoms with E-state index < -0.39 is 0 Å². The third-order valence-electron chi connectivity index (χ3n) is 3.06. The summed E-state index contributed by atoms with van der Waals surface area (Å²) in [6.07, 6.45) is 0.678. The zero-order valence-electron chi connectivity index (χ0n) is 13.2. The van der Waals surface area contributed by atoms with Crippen molar-refractivity contribution in [3.8, 4) is 11.5 Å². The number of anilines is 1. The summed E-state index contributed by atoms with van der Waals surface area (Å²) in [5.41, 5.74) is 0.543. The summed E-state index contributed by atoms with van der Waals surface area (Å²) in [5, 5.41) is 11.2. The number of carbonyl (C=O) groups excluding carboxylic acids is 1. The summed E-state index contributed by atoms with van der Waals surface area (Å²) in [5.74, 6) is 7.64. The molecule has 124 valence electrons. The van der Waals surface area contributed by atoms with Crippen LogP contribution in [0.5, 0.6) is 11.5 Å². The Morgan fingerprint density at radius 3 is 2.74 bits per heavy atom. The largest absolute Gasteiger partial charge is 0.497 e. The van der Waals surface area contributed by atoms with Crippen molar-refractivity contribution in [1.82, 2.24) is 14.9 Å². The number of amides is 1. The highest BCUT2D eigenvalue weighted by atomic mass is 32.2. The number of rotatable bonds is 7. The number of aromatic nitrogens is 3. The first-order valence-corrected chi connectivity index (χ1v) is 7.91. The van der Waals surface area contributed by atoms with E-state index in [1.807, 2.05) is 6.92 Å². The Labute approximate surface area is 138 Å². The van der Waals surface area contributed by atoms with E-state index in [4.69, 9.17) is 15.3 Å². The van der Waals surface area contributed by atoms with Crippen LogP contribution < -0.4 is 20.6 Å². The van der Waals surface area contributed by atoms with Gasteiger partial charge in [-0.15, -0.1) is 10.2 Å². The normalized spacial score (nSPS) is 10.4. The Balaban J connectivity index is 2.00. The molecule has 0 aliphatic carbocycles. The number of ether oxygens (including phenoxy) is 2. The molecule has 0 saturated heterocycles. The minimum atomic E-state index is -0.206. The quantitative estimate of drug-likeness (QED) is 0.579. The average Bonchev–Trinajstić information content (AvgIpc) is 2.92. The SMILES string of the molecule is CCc1nnc(SCC(=O)Nc2cc(OC)ccc2OC)n1N. The van der Waals surface area contributed by atoms with E-state index in [-0.39, 0.29) is 11.7 Å². The van der Waals surface area contributed by atoms with E-state index in [1.165, 1.54) is 23.5 Å². The molecule has 3 N–H and O–H groups in total. The maximum absolute atomic E-state index is 12.1. The van der Waals surface area contributed by atoms with Gasteiger partial charge in [-0.25, -0.2) is 4.68 Å². The van der Waals surface area contributed by atoms with Crippen LogP contribution in [0.3, 0.4) is 0 Å². The van der Waals surface area contributed by atoms with Crippen molar-refractivity contribution in [2.45, 2.75) is 18.5 Å². The van der Waals surface area contributed by atoms with Crippen LogP contribution in [-0.2, 0) is 11.2 Å². The molecule has 0 aliphatic rings. The summed E-state index contributed by atoms with van der Waals surface area (Å²) < 4.78 is 11.8. The summed E-state index contributed by atoms with van der Waals surface area (Å²) in [4.78, 5) is 12.1. The molecular formula is C14H19N5O3S. The number of benzene rings is 1. The van der Waals surface area contributed by atoms with Gasteiger partial charge in [-0.2, -0.15) is 0 Å². The van der Waals surface area contributed by atoms with Gasteiger partial charge in [-0.05, 0) is 12.1 Å². The molecule has 2 rings (SSSR count). The Morgan fingerprint density at radius 1 is 1.35 bits per heavy atom. The molecule has 0 radical (unpaired) electrons. The van der Waals surface area contributed by atoms with E-state index in [0.717, 1.165) is 0 Å². The number of hydrogen-bond donors (Lipinski definition) is 2. The molecule has 0 unspecified atom stereocenters. The van der Waals surface area contributed by atoms with Crippen LogP contribution in [0.4, 0.5) is 5.69 Å². The highest BCUT2D eigenvalue weighted by Crippen LogP contribution is 2.29. The predicted molar refractivity (Wildman–Crippen MR) is 88.5 cm³/mol. The Bertz CT molecular complexity index is 689. The van der Waals surface area contributed by atoms with Crippen LogP contribution >= 0.6 is 11.8 Å². The molecule has 0 fully saturated rings. The zero-order chi connectivity index (χ0) is 16.8. The lowest BCUT2D eigenvalue weighted by Gasteiger charge is -2.11. The lowest BCUT2D eigenvalue weighted by molar-refractivity contribution is -0.113. The third kappa shape index (κ3) is 4.07. The number of nitrogens with one attached hydrogen (secondary N) is 1. The summed E-state index contributed by atoms with van der Waals surface area (Å²) in [6.45, 7) is 1.93. The second-order valence-electron chi connectivity index (χ2n) is 4.53. The monoisotopic (exact) mass is 337 g/mol. The van der Waals surface area contributed by atoms with E-state index in [0.29, 0.717) is 34.6 Å². The van der Waals surface area contributed by atoms with Crippen molar-refractivity contribution in [1.29, 1.82) is 0 Å². The molecule has 0 bridgehead atoms. The Morgan fingerprint density at radius 2 is 2.13 bits per heavy atom. The van der Waals surface area contributed by atoms with Gasteiger partial charge in [0.15, 0.2) is 5.82 Å². The van der Waals surface area contributed by atoms with E-state index in [9.17, 15) is 4.79 Å². The van der Waals surface area contributed by atoms with Crippen LogP contribution in [-0.4, -0.2) is 40.8 Å². The van der Waals surface area contributed by atoms with Gasteiger partial charge in [-0.3, -0.25) is 4.79 Å². The fourth-order valence-corrected chi connectivity index (χ4v) is 2.55. The van der Waals surface area contributed by atoms with Gasteiger partial charge in [0.1, 0.15) is 11.5 Å². The lowest BCUT2D eigenvalue weighted by atomic mass is 10.2. The first-order valence-electron chi connectivity index (χ1n) is 6.93. The van der Waals surface area contributed by atoms with Gasteiger partial charge < -0.3 is 20.6 Å². The zero-order valence-corrected chi connectivity index (χ0v) is 14.0. The number of carbonyl (C=O) groups is 1. The van der Waals surface area contributed by atoms with E-state index in [1.54, 1.807) is 25.3 Å². The van der Waals surface area contributed by atoms with Crippen molar-refractivity contribution < 1.29 is 14.3 Å². The topological polar surface area (TPSA) is 104 Å². The van der Waals surface area contributed by atoms with Gasteiger partial charge in [0.2, 0.25) is 11.1 Å². The van der Waals surface area contributed by atoms with Crippen LogP contribution in [0.2, 0.25) is 0 Å². The second kappa shape index (κ2) is 7.73. The molecule has 0 spiro atoms. The molecule has 0 aliphatic heterocycles. The Kier molecular flexibility index (Phi) is 5.69. The highest BCUT2D eigenvalue weighted by Gasteiger charge is 2.13. The molecule has 1 aromatic carbocycles. The second-order valence-corrected chi connectivity index (χ2v) is 5.47. The number of nitrogen functional groups attached to an aromatic ring is 1. The number of aryl methyl sites for hydroxylation is 1. The van der Waals surface area contributed by atoms with Crippen LogP contribution in [0.15, 0.2) is 23.4 Å². The summed E-state index contributed by atoms with van der Waals surface area (Å²) in [7, 11) is 3.10. The van der Waals surface area contributed by atoms with E-state index >= 15 is 0 Å². The first kappa shape index (κ1) is 16.9. The molecule has 8 nitrogen and oxygen atoms in total. The van der Waals surface area contributed by atoms with Crippen molar-refractivity contribution in [3.05, 3.63) is 24.0 Å². The molecule has 0 atom stereocenters. The molecule has 0 saturated carbocycles. The molecule has 2 aromatic rings. The number of methoxy groups -OCH3 is 2. The smallest absolute Gasteiger partial charge is 0.234 e. The maximum atomic E-state index is 12.1. The standard InChI is InChI=1S/C14H19N5O3S/c1-4-12-17-18-14(19(12)15)23-8-13(20)16-10-7-9(21-2)5-6-11(10)22-3/h5-7H,4,8,15H2,1-3H3,(H,16,20).